The van der Waals surface area contributed by atoms with Crippen molar-refractivity contribution in [2.24, 2.45) is 0 Å². The molecular weight excluding hydrogens is 266 g/mol. The van der Waals surface area contributed by atoms with Crippen LogP contribution in [-0.2, 0) is 19.1 Å². The van der Waals surface area contributed by atoms with Crippen molar-refractivity contribution in [3.05, 3.63) is 24.4 Å². The summed E-state index contributed by atoms with van der Waals surface area (Å²) in [5, 5.41) is 4.74. The monoisotopic (exact) mass is 281 g/mol. The average molecular weight is 281 g/mol. The van der Waals surface area contributed by atoms with Crippen LogP contribution >= 0.6 is 0 Å². The molecule has 2 amide bonds. The highest BCUT2D eigenvalue weighted by atomic mass is 16.5. The van der Waals surface area contributed by atoms with Crippen molar-refractivity contribution < 1.29 is 23.9 Å². The van der Waals surface area contributed by atoms with Crippen molar-refractivity contribution in [2.75, 3.05) is 19.5 Å². The highest BCUT2D eigenvalue weighted by Crippen LogP contribution is 2.01. The Bertz CT molecular complexity index is 477. The van der Waals surface area contributed by atoms with Crippen molar-refractivity contribution in [1.82, 2.24) is 10.3 Å². The highest BCUT2D eigenvalue weighted by Gasteiger charge is 2.25. The van der Waals surface area contributed by atoms with E-state index in [4.69, 9.17) is 0 Å². The van der Waals surface area contributed by atoms with Gasteiger partial charge in [-0.15, -0.1) is 0 Å². The van der Waals surface area contributed by atoms with Gasteiger partial charge in [0.25, 0.3) is 0 Å². The molecule has 1 atom stereocenters. The van der Waals surface area contributed by atoms with Gasteiger partial charge in [-0.1, -0.05) is 6.07 Å². The number of amides is 2. The Morgan fingerprint density at radius 2 is 2.00 bits per heavy atom. The van der Waals surface area contributed by atoms with E-state index in [1.165, 1.54) is 13.3 Å². The number of pyridine rings is 1. The number of carbonyl (C=O) groups is 3. The Morgan fingerprint density at radius 1 is 1.25 bits per heavy atom. The van der Waals surface area contributed by atoms with Crippen molar-refractivity contribution >= 4 is 23.8 Å². The molecule has 1 heterocycles. The predicted molar refractivity (Wildman–Crippen MR) is 68.8 cm³/mol. The molecule has 1 rings (SSSR count). The van der Waals surface area contributed by atoms with Gasteiger partial charge in [0, 0.05) is 6.20 Å². The van der Waals surface area contributed by atoms with E-state index in [0.29, 0.717) is 5.82 Å². The molecule has 20 heavy (non-hydrogen) atoms. The fraction of sp³-hybridized carbons (Fsp3) is 0.333. The summed E-state index contributed by atoms with van der Waals surface area (Å²) >= 11 is 0. The van der Waals surface area contributed by atoms with Crippen LogP contribution in [0.3, 0.4) is 0 Å². The third-order valence-electron chi connectivity index (χ3n) is 2.30. The van der Waals surface area contributed by atoms with E-state index in [1.807, 2.05) is 0 Å². The van der Waals surface area contributed by atoms with Gasteiger partial charge in [0.15, 0.2) is 0 Å². The second-order valence-electron chi connectivity index (χ2n) is 3.67. The van der Waals surface area contributed by atoms with Crippen LogP contribution in [0.1, 0.15) is 6.42 Å². The number of ether oxygens (including phenoxy) is 2. The van der Waals surface area contributed by atoms with Crippen LogP contribution in [0.4, 0.5) is 10.6 Å². The van der Waals surface area contributed by atoms with Crippen LogP contribution in [0, 0.1) is 0 Å². The molecule has 1 unspecified atom stereocenters. The third-order valence-corrected chi connectivity index (χ3v) is 2.30. The number of carbonyl (C=O) groups excluding carboxylic acids is 3. The molecule has 1 aromatic rings. The zero-order chi connectivity index (χ0) is 15.0. The van der Waals surface area contributed by atoms with Gasteiger partial charge < -0.3 is 14.8 Å². The van der Waals surface area contributed by atoms with E-state index >= 15 is 0 Å². The summed E-state index contributed by atoms with van der Waals surface area (Å²) < 4.78 is 8.95. The molecule has 8 heteroatoms. The van der Waals surface area contributed by atoms with Gasteiger partial charge in [-0.3, -0.25) is 10.1 Å². The maximum Gasteiger partial charge on any atom is 0.329 e. The van der Waals surface area contributed by atoms with Gasteiger partial charge >= 0.3 is 18.0 Å². The molecule has 8 nitrogen and oxygen atoms in total. The lowest BCUT2D eigenvalue weighted by atomic mass is 10.2. The van der Waals surface area contributed by atoms with Crippen LogP contribution in [0.15, 0.2) is 24.4 Å². The molecule has 0 radical (unpaired) electrons. The lowest BCUT2D eigenvalue weighted by molar-refractivity contribution is -0.149. The summed E-state index contributed by atoms with van der Waals surface area (Å²) in [6.45, 7) is 0. The average Bonchev–Trinajstić information content (AvgIpc) is 2.46. The first-order chi connectivity index (χ1) is 9.56. The SMILES string of the molecule is COC(=O)CC(NC(=O)Nc1ccccn1)C(=O)OC. The largest absolute Gasteiger partial charge is 0.469 e. The molecule has 108 valence electrons. The molecule has 0 saturated heterocycles. The first kappa shape index (κ1) is 15.4. The van der Waals surface area contributed by atoms with Crippen molar-refractivity contribution in [1.29, 1.82) is 0 Å². The van der Waals surface area contributed by atoms with Gasteiger partial charge in [0.05, 0.1) is 20.6 Å². The van der Waals surface area contributed by atoms with Crippen molar-refractivity contribution in [3.63, 3.8) is 0 Å². The van der Waals surface area contributed by atoms with Crippen LogP contribution in [0.5, 0.6) is 0 Å². The van der Waals surface area contributed by atoms with E-state index < -0.39 is 24.0 Å². The molecular formula is C12H15N3O5. The molecule has 0 spiro atoms. The molecule has 0 fully saturated rings. The number of nitrogens with zero attached hydrogens (tertiary/aromatic N) is 1. The van der Waals surface area contributed by atoms with Crippen LogP contribution in [0.25, 0.3) is 0 Å². The number of hydrogen-bond donors (Lipinski definition) is 2. The van der Waals surface area contributed by atoms with Gasteiger partial charge in [0.2, 0.25) is 0 Å². The Balaban J connectivity index is 2.62. The van der Waals surface area contributed by atoms with Gasteiger partial charge in [-0.05, 0) is 12.1 Å². The topological polar surface area (TPSA) is 107 Å². The minimum atomic E-state index is -1.13. The number of rotatable bonds is 5. The quantitative estimate of drug-likeness (QED) is 0.752. The van der Waals surface area contributed by atoms with Crippen LogP contribution in [-0.4, -0.2) is 43.2 Å². The third kappa shape index (κ3) is 4.92. The molecule has 0 aliphatic heterocycles. The molecule has 0 aliphatic carbocycles. The molecule has 2 N–H and O–H groups in total. The molecule has 0 saturated carbocycles. The van der Waals surface area contributed by atoms with E-state index in [2.05, 4.69) is 25.1 Å². The Kier molecular flexibility index (Phi) is 5.95. The second-order valence-corrected chi connectivity index (χ2v) is 3.67. The van der Waals surface area contributed by atoms with E-state index in [1.54, 1.807) is 18.2 Å². The van der Waals surface area contributed by atoms with Gasteiger partial charge in [0.1, 0.15) is 11.9 Å². The van der Waals surface area contributed by atoms with Crippen molar-refractivity contribution in [3.8, 4) is 0 Å². The maximum atomic E-state index is 11.7. The number of nitrogens with one attached hydrogen (secondary N) is 2. The summed E-state index contributed by atoms with van der Waals surface area (Å²) in [5.41, 5.74) is 0. The Hall–Kier alpha value is -2.64. The molecule has 0 bridgehead atoms. The number of anilines is 1. The fourth-order valence-electron chi connectivity index (χ4n) is 1.33. The van der Waals surface area contributed by atoms with E-state index in [-0.39, 0.29) is 6.42 Å². The summed E-state index contributed by atoms with van der Waals surface area (Å²) in [6, 6.07) is 3.15. The zero-order valence-corrected chi connectivity index (χ0v) is 11.1. The first-order valence-electron chi connectivity index (χ1n) is 5.70. The smallest absolute Gasteiger partial charge is 0.329 e. The molecule has 1 aromatic heterocycles. The first-order valence-corrected chi connectivity index (χ1v) is 5.70. The van der Waals surface area contributed by atoms with E-state index in [9.17, 15) is 14.4 Å². The van der Waals surface area contributed by atoms with Gasteiger partial charge in [-0.25, -0.2) is 14.6 Å². The fourth-order valence-corrected chi connectivity index (χ4v) is 1.33. The highest BCUT2D eigenvalue weighted by molar-refractivity contribution is 5.93. The molecule has 0 aromatic carbocycles. The molecule has 0 aliphatic rings. The van der Waals surface area contributed by atoms with E-state index in [0.717, 1.165) is 7.11 Å². The Morgan fingerprint density at radius 3 is 2.55 bits per heavy atom. The standard InChI is InChI=1S/C12H15N3O5/c1-19-10(16)7-8(11(17)20-2)14-12(18)15-9-5-3-4-6-13-9/h3-6,8H,7H2,1-2H3,(H2,13,14,15,18). The summed E-state index contributed by atoms with van der Waals surface area (Å²) in [4.78, 5) is 38.2. The number of hydrogen-bond acceptors (Lipinski definition) is 6. The Labute approximate surface area is 115 Å². The summed E-state index contributed by atoms with van der Waals surface area (Å²) in [5.74, 6) is -1.07. The number of urea groups is 1. The minimum absolute atomic E-state index is 0.312. The summed E-state index contributed by atoms with van der Waals surface area (Å²) in [6.07, 6.45) is 1.18. The number of esters is 2. The van der Waals surface area contributed by atoms with Crippen LogP contribution in [0.2, 0.25) is 0 Å². The number of aromatic nitrogens is 1. The maximum absolute atomic E-state index is 11.7. The number of methoxy groups -OCH3 is 2. The minimum Gasteiger partial charge on any atom is -0.469 e. The second kappa shape index (κ2) is 7.72. The predicted octanol–water partition coefficient (Wildman–Crippen LogP) is 0.308. The zero-order valence-electron chi connectivity index (χ0n) is 11.1. The normalized spacial score (nSPS) is 11.1. The van der Waals surface area contributed by atoms with Crippen LogP contribution < -0.4 is 10.6 Å². The van der Waals surface area contributed by atoms with Crippen molar-refractivity contribution in [2.45, 2.75) is 12.5 Å². The lowest BCUT2D eigenvalue weighted by Gasteiger charge is -2.15. The van der Waals surface area contributed by atoms with Gasteiger partial charge in [-0.2, -0.15) is 0 Å². The summed E-state index contributed by atoms with van der Waals surface area (Å²) in [7, 11) is 2.34. The lowest BCUT2D eigenvalue weighted by Crippen LogP contribution is -2.45.